The first-order valence-electron chi connectivity index (χ1n) is 8.59. The average Bonchev–Trinajstić information content (AvgIpc) is 2.66. The third-order valence-electron chi connectivity index (χ3n) is 4.05. The molecule has 7 nitrogen and oxygen atoms in total. The minimum atomic E-state index is -0.635. The van der Waals surface area contributed by atoms with Crippen molar-refractivity contribution in [1.82, 2.24) is 5.32 Å². The summed E-state index contributed by atoms with van der Waals surface area (Å²) in [4.78, 5) is 35.4. The van der Waals surface area contributed by atoms with Gasteiger partial charge >= 0.3 is 5.97 Å². The van der Waals surface area contributed by atoms with Crippen LogP contribution < -0.4 is 15.4 Å². The van der Waals surface area contributed by atoms with Crippen molar-refractivity contribution in [3.8, 4) is 5.75 Å². The Hall–Kier alpha value is -3.35. The molecular formula is C20H20N2O5. The van der Waals surface area contributed by atoms with E-state index in [9.17, 15) is 14.4 Å². The lowest BCUT2D eigenvalue weighted by Gasteiger charge is -2.26. The van der Waals surface area contributed by atoms with Crippen molar-refractivity contribution in [3.05, 3.63) is 59.7 Å². The summed E-state index contributed by atoms with van der Waals surface area (Å²) in [5, 5.41) is 5.46. The molecule has 2 aromatic rings. The number of hydrogen-bond donors (Lipinski definition) is 2. The Morgan fingerprint density at radius 1 is 1.15 bits per heavy atom. The molecule has 0 radical (unpaired) electrons. The number of esters is 1. The topological polar surface area (TPSA) is 93.7 Å². The Labute approximate surface area is 156 Å². The third-order valence-corrected chi connectivity index (χ3v) is 4.05. The zero-order valence-corrected chi connectivity index (χ0v) is 14.9. The van der Waals surface area contributed by atoms with E-state index in [4.69, 9.17) is 9.47 Å². The first-order valence-corrected chi connectivity index (χ1v) is 8.59. The molecule has 0 spiro atoms. The molecule has 0 bridgehead atoms. The molecule has 0 aliphatic carbocycles. The number of rotatable bonds is 5. The molecule has 0 fully saturated rings. The lowest BCUT2D eigenvalue weighted by Crippen LogP contribution is -2.35. The lowest BCUT2D eigenvalue weighted by molar-refractivity contribution is -0.125. The van der Waals surface area contributed by atoms with Crippen molar-refractivity contribution in [1.29, 1.82) is 0 Å². The van der Waals surface area contributed by atoms with Crippen LogP contribution in [0.1, 0.15) is 35.3 Å². The largest absolute Gasteiger partial charge is 0.493 e. The summed E-state index contributed by atoms with van der Waals surface area (Å²) in [5.74, 6) is -0.509. The van der Waals surface area contributed by atoms with Gasteiger partial charge in [0.05, 0.1) is 18.2 Å². The van der Waals surface area contributed by atoms with Crippen LogP contribution in [0, 0.1) is 0 Å². The highest BCUT2D eigenvalue weighted by Gasteiger charge is 2.23. The van der Waals surface area contributed by atoms with Gasteiger partial charge in [0.1, 0.15) is 5.75 Å². The molecule has 0 aromatic heterocycles. The number of hydrogen-bond acceptors (Lipinski definition) is 5. The van der Waals surface area contributed by atoms with Crippen molar-refractivity contribution in [2.24, 2.45) is 0 Å². The van der Waals surface area contributed by atoms with E-state index in [1.54, 1.807) is 18.2 Å². The molecule has 7 heteroatoms. The van der Waals surface area contributed by atoms with E-state index in [0.717, 1.165) is 11.3 Å². The van der Waals surface area contributed by atoms with Gasteiger partial charge < -0.3 is 20.1 Å². The SMILES string of the molecule is CC(=O)Nc1cccc(C(=O)OCC(=O)NC2CCOc3ccccc32)c1. The Balaban J connectivity index is 1.55. The number of nitrogens with one attached hydrogen (secondary N) is 2. The van der Waals surface area contributed by atoms with E-state index in [1.807, 2.05) is 24.3 Å². The molecule has 1 unspecified atom stereocenters. The molecule has 27 heavy (non-hydrogen) atoms. The number of fused-ring (bicyclic) bond motifs is 1. The van der Waals surface area contributed by atoms with Crippen LogP contribution in [0.25, 0.3) is 0 Å². The standard InChI is InChI=1S/C20H20N2O5/c1-13(23)21-15-6-4-5-14(11-15)20(25)27-12-19(24)22-17-9-10-26-18-8-3-2-7-16(17)18/h2-8,11,17H,9-10,12H2,1H3,(H,21,23)(H,22,24). The second kappa shape index (κ2) is 8.35. The van der Waals surface area contributed by atoms with Gasteiger partial charge in [0.25, 0.3) is 5.91 Å². The van der Waals surface area contributed by atoms with E-state index >= 15 is 0 Å². The molecule has 1 aliphatic rings. The molecule has 2 N–H and O–H groups in total. The number of carbonyl (C=O) groups is 3. The van der Waals surface area contributed by atoms with E-state index < -0.39 is 5.97 Å². The number of benzene rings is 2. The van der Waals surface area contributed by atoms with E-state index in [-0.39, 0.29) is 30.0 Å². The maximum atomic E-state index is 12.2. The van der Waals surface area contributed by atoms with Crippen LogP contribution >= 0.6 is 0 Å². The van der Waals surface area contributed by atoms with Gasteiger partial charge in [0.2, 0.25) is 5.91 Å². The zero-order valence-electron chi connectivity index (χ0n) is 14.9. The molecule has 1 heterocycles. The smallest absolute Gasteiger partial charge is 0.338 e. The molecule has 0 saturated heterocycles. The van der Waals surface area contributed by atoms with Gasteiger partial charge in [-0.05, 0) is 24.3 Å². The zero-order chi connectivity index (χ0) is 19.2. The van der Waals surface area contributed by atoms with Gasteiger partial charge in [-0.25, -0.2) is 4.79 Å². The Bertz CT molecular complexity index is 865. The summed E-state index contributed by atoms with van der Waals surface area (Å²) in [7, 11) is 0. The van der Waals surface area contributed by atoms with Gasteiger partial charge in [-0.15, -0.1) is 0 Å². The predicted molar refractivity (Wildman–Crippen MR) is 98.5 cm³/mol. The Kier molecular flexibility index (Phi) is 5.71. The summed E-state index contributed by atoms with van der Waals surface area (Å²) in [5.41, 5.74) is 1.65. The molecule has 0 saturated carbocycles. The van der Waals surface area contributed by atoms with E-state index in [0.29, 0.717) is 18.7 Å². The average molecular weight is 368 g/mol. The fourth-order valence-electron chi connectivity index (χ4n) is 2.87. The predicted octanol–water partition coefficient (Wildman–Crippen LogP) is 2.44. The fourth-order valence-corrected chi connectivity index (χ4v) is 2.87. The summed E-state index contributed by atoms with van der Waals surface area (Å²) >= 11 is 0. The summed E-state index contributed by atoms with van der Waals surface area (Å²) in [6.45, 7) is 1.50. The molecule has 1 atom stereocenters. The van der Waals surface area contributed by atoms with Crippen LogP contribution in [-0.2, 0) is 14.3 Å². The number of carbonyl (C=O) groups excluding carboxylic acids is 3. The minimum absolute atomic E-state index is 0.177. The highest BCUT2D eigenvalue weighted by Crippen LogP contribution is 2.31. The maximum absolute atomic E-state index is 12.2. The van der Waals surface area contributed by atoms with Crippen LogP contribution in [0.4, 0.5) is 5.69 Å². The van der Waals surface area contributed by atoms with Gasteiger partial charge in [0.15, 0.2) is 6.61 Å². The first kappa shape index (κ1) is 18.4. The quantitative estimate of drug-likeness (QED) is 0.791. The van der Waals surface area contributed by atoms with Crippen molar-refractivity contribution < 1.29 is 23.9 Å². The van der Waals surface area contributed by atoms with Crippen LogP contribution in [0.5, 0.6) is 5.75 Å². The minimum Gasteiger partial charge on any atom is -0.493 e. The van der Waals surface area contributed by atoms with Gasteiger partial charge in [-0.2, -0.15) is 0 Å². The summed E-state index contributed by atoms with van der Waals surface area (Å²) in [6.07, 6.45) is 0.648. The number of ether oxygens (including phenoxy) is 2. The van der Waals surface area contributed by atoms with Crippen LogP contribution in [0.15, 0.2) is 48.5 Å². The highest BCUT2D eigenvalue weighted by molar-refractivity contribution is 5.94. The van der Waals surface area contributed by atoms with Crippen molar-refractivity contribution in [2.75, 3.05) is 18.5 Å². The summed E-state index contributed by atoms with van der Waals surface area (Å²) < 4.78 is 10.6. The van der Waals surface area contributed by atoms with Crippen molar-refractivity contribution in [2.45, 2.75) is 19.4 Å². The van der Waals surface area contributed by atoms with E-state index in [2.05, 4.69) is 10.6 Å². The van der Waals surface area contributed by atoms with E-state index in [1.165, 1.54) is 13.0 Å². The molecule has 3 rings (SSSR count). The van der Waals surface area contributed by atoms with Crippen LogP contribution in [0.2, 0.25) is 0 Å². The normalized spacial score (nSPS) is 15.1. The fraction of sp³-hybridized carbons (Fsp3) is 0.250. The van der Waals surface area contributed by atoms with Gasteiger partial charge in [0, 0.05) is 24.6 Å². The molecule has 140 valence electrons. The Morgan fingerprint density at radius 2 is 1.96 bits per heavy atom. The molecule has 1 aliphatic heterocycles. The third kappa shape index (κ3) is 4.84. The maximum Gasteiger partial charge on any atom is 0.338 e. The van der Waals surface area contributed by atoms with Crippen LogP contribution in [-0.4, -0.2) is 31.0 Å². The first-order chi connectivity index (χ1) is 13.0. The highest BCUT2D eigenvalue weighted by atomic mass is 16.5. The Morgan fingerprint density at radius 3 is 2.78 bits per heavy atom. The van der Waals surface area contributed by atoms with Crippen molar-refractivity contribution >= 4 is 23.5 Å². The summed E-state index contributed by atoms with van der Waals surface area (Å²) in [6, 6.07) is 13.7. The lowest BCUT2D eigenvalue weighted by atomic mass is 10.0. The van der Waals surface area contributed by atoms with Crippen LogP contribution in [0.3, 0.4) is 0 Å². The molecular weight excluding hydrogens is 348 g/mol. The van der Waals surface area contributed by atoms with Gasteiger partial charge in [-0.1, -0.05) is 24.3 Å². The number of anilines is 1. The molecule has 2 amide bonds. The van der Waals surface area contributed by atoms with Gasteiger partial charge in [-0.3, -0.25) is 9.59 Å². The monoisotopic (exact) mass is 368 g/mol. The second-order valence-corrected chi connectivity index (χ2v) is 6.13. The van der Waals surface area contributed by atoms with Crippen molar-refractivity contribution in [3.63, 3.8) is 0 Å². The number of para-hydroxylation sites is 1. The second-order valence-electron chi connectivity index (χ2n) is 6.13. The molecule has 2 aromatic carbocycles. The number of amides is 2.